The van der Waals surface area contributed by atoms with Crippen LogP contribution >= 0.6 is 22.2 Å². The predicted molar refractivity (Wildman–Crippen MR) is 42.2 cm³/mol. The van der Waals surface area contributed by atoms with Crippen LogP contribution in [0.5, 0.6) is 0 Å². The molecule has 0 unspecified atom stereocenters. The van der Waals surface area contributed by atoms with Gasteiger partial charge in [0.05, 0.1) is 0 Å². The van der Waals surface area contributed by atoms with Gasteiger partial charge in [0.15, 0.2) is 0 Å². The molecule has 0 radical (unpaired) electrons. The second kappa shape index (κ2) is 5.89. The lowest BCUT2D eigenvalue weighted by Gasteiger charge is -1.96. The molecule has 8 heavy (non-hydrogen) atoms. The van der Waals surface area contributed by atoms with Crippen molar-refractivity contribution in [2.24, 2.45) is 0 Å². The van der Waals surface area contributed by atoms with Gasteiger partial charge in [-0.05, 0) is 26.1 Å². The molecule has 0 aliphatic heterocycles. The summed E-state index contributed by atoms with van der Waals surface area (Å²) in [5, 5.41) is 3.03. The summed E-state index contributed by atoms with van der Waals surface area (Å²) in [4.78, 5) is 0. The molecule has 0 aliphatic rings. The van der Waals surface area contributed by atoms with Gasteiger partial charge in [0.1, 0.15) is 0 Å². The Bertz CT molecular complexity index is 51.3. The van der Waals surface area contributed by atoms with Gasteiger partial charge in [-0.2, -0.15) is 22.2 Å². The van der Waals surface area contributed by atoms with Crippen molar-refractivity contribution in [2.45, 2.75) is 12.5 Å². The molecular formula is C4H11Cl2NSi. The maximum atomic E-state index is 5.59. The zero-order valence-electron chi connectivity index (χ0n) is 4.95. The van der Waals surface area contributed by atoms with E-state index in [4.69, 9.17) is 22.2 Å². The van der Waals surface area contributed by atoms with Crippen LogP contribution < -0.4 is 5.32 Å². The summed E-state index contributed by atoms with van der Waals surface area (Å²) in [5.41, 5.74) is 0. The first kappa shape index (κ1) is 8.76. The highest BCUT2D eigenvalue weighted by Crippen LogP contribution is 2.04. The van der Waals surface area contributed by atoms with Crippen molar-refractivity contribution in [1.29, 1.82) is 0 Å². The second-order valence-corrected chi connectivity index (χ2v) is 6.83. The Morgan fingerprint density at radius 1 is 1.50 bits per heavy atom. The van der Waals surface area contributed by atoms with Crippen LogP contribution in [0.4, 0.5) is 0 Å². The SMILES string of the molecule is CNCCC[SiH](Cl)Cl. The van der Waals surface area contributed by atoms with Crippen LogP contribution in [-0.4, -0.2) is 21.0 Å². The van der Waals surface area contributed by atoms with E-state index in [9.17, 15) is 0 Å². The predicted octanol–water partition coefficient (Wildman–Crippen LogP) is 1.29. The molecule has 50 valence electrons. The van der Waals surface area contributed by atoms with Crippen molar-refractivity contribution < 1.29 is 0 Å². The van der Waals surface area contributed by atoms with E-state index in [1.54, 1.807) is 0 Å². The van der Waals surface area contributed by atoms with Crippen molar-refractivity contribution in [2.75, 3.05) is 13.6 Å². The topological polar surface area (TPSA) is 12.0 Å². The van der Waals surface area contributed by atoms with Crippen LogP contribution in [0.2, 0.25) is 6.04 Å². The van der Waals surface area contributed by atoms with Crippen molar-refractivity contribution in [1.82, 2.24) is 5.32 Å². The molecule has 0 aromatic carbocycles. The fourth-order valence-electron chi connectivity index (χ4n) is 0.433. The Morgan fingerprint density at radius 2 is 2.12 bits per heavy atom. The summed E-state index contributed by atoms with van der Waals surface area (Å²) < 4.78 is 0. The summed E-state index contributed by atoms with van der Waals surface area (Å²) in [6, 6.07) is 1.02. The molecule has 0 spiro atoms. The largest absolute Gasteiger partial charge is 0.320 e. The monoisotopic (exact) mass is 171 g/mol. The molecule has 0 atom stereocenters. The molecule has 0 heterocycles. The summed E-state index contributed by atoms with van der Waals surface area (Å²) in [6.07, 6.45) is 1.11. The fourth-order valence-corrected chi connectivity index (χ4v) is 1.87. The van der Waals surface area contributed by atoms with E-state index in [0.29, 0.717) is 0 Å². The van der Waals surface area contributed by atoms with Gasteiger partial charge in [-0.15, -0.1) is 0 Å². The van der Waals surface area contributed by atoms with Gasteiger partial charge >= 0.3 is 0 Å². The smallest absolute Gasteiger partial charge is 0.237 e. The van der Waals surface area contributed by atoms with Gasteiger partial charge < -0.3 is 5.32 Å². The third-order valence-electron chi connectivity index (χ3n) is 0.849. The third kappa shape index (κ3) is 6.76. The van der Waals surface area contributed by atoms with Gasteiger partial charge in [0.25, 0.3) is 0 Å². The maximum Gasteiger partial charge on any atom is 0.237 e. The van der Waals surface area contributed by atoms with Gasteiger partial charge in [0.2, 0.25) is 7.42 Å². The first-order chi connectivity index (χ1) is 3.77. The molecular weight excluding hydrogens is 161 g/mol. The average molecular weight is 172 g/mol. The Balaban J connectivity index is 2.72. The van der Waals surface area contributed by atoms with E-state index in [1.165, 1.54) is 0 Å². The Morgan fingerprint density at radius 3 is 2.50 bits per heavy atom. The molecule has 1 N–H and O–H groups in total. The standard InChI is InChI=1S/C4H11Cl2NSi/c1-7-3-2-4-8(5)6/h7-8H,2-4H2,1H3. The molecule has 0 aromatic rings. The lowest BCUT2D eigenvalue weighted by molar-refractivity contribution is 0.770. The van der Waals surface area contributed by atoms with Crippen LogP contribution in [-0.2, 0) is 0 Å². The minimum Gasteiger partial charge on any atom is -0.320 e. The molecule has 0 aromatic heterocycles. The highest BCUT2D eigenvalue weighted by atomic mass is 35.7. The molecule has 0 saturated heterocycles. The minimum absolute atomic E-state index is 1.02. The molecule has 0 saturated carbocycles. The quantitative estimate of drug-likeness (QED) is 0.383. The van der Waals surface area contributed by atoms with Crippen LogP contribution in [0.15, 0.2) is 0 Å². The van der Waals surface area contributed by atoms with Crippen LogP contribution in [0, 0.1) is 0 Å². The summed E-state index contributed by atoms with van der Waals surface area (Å²) >= 11 is 11.2. The average Bonchev–Trinajstić information content (AvgIpc) is 1.66. The first-order valence-corrected chi connectivity index (χ1v) is 7.01. The summed E-state index contributed by atoms with van der Waals surface area (Å²) in [6.45, 7) is 1.03. The van der Waals surface area contributed by atoms with Gasteiger partial charge in [-0.25, -0.2) is 0 Å². The Hall–Kier alpha value is 0.757. The van der Waals surface area contributed by atoms with E-state index < -0.39 is 7.42 Å². The normalized spacial score (nSPS) is 10.5. The summed E-state index contributed by atoms with van der Waals surface area (Å²) in [5.74, 6) is 0. The van der Waals surface area contributed by atoms with Crippen molar-refractivity contribution in [3.8, 4) is 0 Å². The fraction of sp³-hybridized carbons (Fsp3) is 1.00. The van der Waals surface area contributed by atoms with Crippen molar-refractivity contribution in [3.05, 3.63) is 0 Å². The summed E-state index contributed by atoms with van der Waals surface area (Å²) in [7, 11) is 0.632. The molecule has 0 fully saturated rings. The Labute approximate surface area is 61.4 Å². The van der Waals surface area contributed by atoms with E-state index in [2.05, 4.69) is 5.32 Å². The zero-order chi connectivity index (χ0) is 6.41. The minimum atomic E-state index is -1.30. The first-order valence-electron chi connectivity index (χ1n) is 2.70. The highest BCUT2D eigenvalue weighted by molar-refractivity contribution is 7.33. The third-order valence-corrected chi connectivity index (χ3v) is 3.00. The van der Waals surface area contributed by atoms with E-state index in [0.717, 1.165) is 19.0 Å². The lowest BCUT2D eigenvalue weighted by Crippen LogP contribution is -2.08. The lowest BCUT2D eigenvalue weighted by atomic mass is 10.5. The number of hydrogen-bond donors (Lipinski definition) is 1. The number of halogens is 2. The zero-order valence-corrected chi connectivity index (χ0v) is 7.62. The van der Waals surface area contributed by atoms with Crippen molar-refractivity contribution in [3.63, 3.8) is 0 Å². The van der Waals surface area contributed by atoms with Crippen LogP contribution in [0.3, 0.4) is 0 Å². The highest BCUT2D eigenvalue weighted by Gasteiger charge is 1.98. The number of rotatable bonds is 4. The number of hydrogen-bond acceptors (Lipinski definition) is 1. The van der Waals surface area contributed by atoms with Gasteiger partial charge in [-0.1, -0.05) is 0 Å². The van der Waals surface area contributed by atoms with E-state index in [-0.39, 0.29) is 0 Å². The second-order valence-electron chi connectivity index (χ2n) is 1.64. The molecule has 0 rings (SSSR count). The van der Waals surface area contributed by atoms with Gasteiger partial charge in [0, 0.05) is 0 Å². The molecule has 1 nitrogen and oxygen atoms in total. The van der Waals surface area contributed by atoms with Crippen LogP contribution in [0.1, 0.15) is 6.42 Å². The maximum absolute atomic E-state index is 5.59. The molecule has 0 amide bonds. The van der Waals surface area contributed by atoms with Gasteiger partial charge in [-0.3, -0.25) is 0 Å². The molecule has 0 bridgehead atoms. The Kier molecular flexibility index (Phi) is 6.44. The van der Waals surface area contributed by atoms with E-state index >= 15 is 0 Å². The van der Waals surface area contributed by atoms with E-state index in [1.807, 2.05) is 7.05 Å². The number of nitrogens with one attached hydrogen (secondary N) is 1. The molecule has 0 aliphatic carbocycles. The van der Waals surface area contributed by atoms with Crippen LogP contribution in [0.25, 0.3) is 0 Å². The van der Waals surface area contributed by atoms with Crippen molar-refractivity contribution >= 4 is 29.6 Å². The molecule has 4 heteroatoms.